The van der Waals surface area contributed by atoms with E-state index in [1.54, 1.807) is 7.11 Å². The van der Waals surface area contributed by atoms with Crippen molar-refractivity contribution in [2.45, 2.75) is 32.9 Å². The lowest BCUT2D eigenvalue weighted by Gasteiger charge is -2.22. The molecule has 2 aromatic carbocycles. The summed E-state index contributed by atoms with van der Waals surface area (Å²) >= 11 is 0. The number of rotatable bonds is 8. The summed E-state index contributed by atoms with van der Waals surface area (Å²) in [5.74, 6) is 0.422. The van der Waals surface area contributed by atoms with Gasteiger partial charge in [0.15, 0.2) is 0 Å². The molecule has 5 heteroatoms. The molecule has 138 valence electrons. The molecule has 0 unspecified atom stereocenters. The van der Waals surface area contributed by atoms with Gasteiger partial charge in [-0.1, -0.05) is 56.3 Å². The highest BCUT2D eigenvalue weighted by Gasteiger charge is 2.23. The van der Waals surface area contributed by atoms with Gasteiger partial charge in [0.1, 0.15) is 11.8 Å². The first-order chi connectivity index (χ1) is 12.5. The predicted octanol–water partition coefficient (Wildman–Crippen LogP) is 2.69. The van der Waals surface area contributed by atoms with Crippen LogP contribution in [0.1, 0.15) is 25.0 Å². The fraction of sp³-hybridized carbons (Fsp3) is 0.333. The minimum atomic E-state index is -0.565. The molecule has 5 nitrogen and oxygen atoms in total. The molecule has 0 aliphatic carbocycles. The molecule has 0 aliphatic heterocycles. The van der Waals surface area contributed by atoms with Gasteiger partial charge in [0.25, 0.3) is 0 Å². The van der Waals surface area contributed by atoms with Crippen molar-refractivity contribution in [2.24, 2.45) is 5.92 Å². The van der Waals surface area contributed by atoms with Crippen LogP contribution in [0, 0.1) is 5.92 Å². The molecule has 0 saturated heterocycles. The molecule has 0 spiro atoms. The number of hydrogen-bond donors (Lipinski definition) is 2. The van der Waals surface area contributed by atoms with E-state index < -0.39 is 6.04 Å². The Labute approximate surface area is 154 Å². The molecule has 2 amide bonds. The van der Waals surface area contributed by atoms with Crippen molar-refractivity contribution >= 4 is 11.8 Å². The van der Waals surface area contributed by atoms with E-state index in [1.165, 1.54) is 0 Å². The van der Waals surface area contributed by atoms with E-state index in [9.17, 15) is 9.59 Å². The Hall–Kier alpha value is -2.82. The normalized spacial score (nSPS) is 11.7. The number of nitrogens with one attached hydrogen (secondary N) is 2. The lowest BCUT2D eigenvalue weighted by Crippen LogP contribution is -2.49. The van der Waals surface area contributed by atoms with Gasteiger partial charge in [0.2, 0.25) is 11.8 Å². The molecule has 0 aromatic heterocycles. The molecule has 2 rings (SSSR count). The van der Waals surface area contributed by atoms with Crippen LogP contribution in [0.15, 0.2) is 54.6 Å². The zero-order valence-electron chi connectivity index (χ0n) is 15.5. The van der Waals surface area contributed by atoms with E-state index in [4.69, 9.17) is 4.74 Å². The van der Waals surface area contributed by atoms with Gasteiger partial charge in [-0.05, 0) is 29.2 Å². The summed E-state index contributed by atoms with van der Waals surface area (Å²) in [5, 5.41) is 5.74. The average Bonchev–Trinajstić information content (AvgIpc) is 2.65. The van der Waals surface area contributed by atoms with Gasteiger partial charge in [-0.3, -0.25) is 9.59 Å². The van der Waals surface area contributed by atoms with Crippen LogP contribution in [0.25, 0.3) is 0 Å². The first-order valence-corrected chi connectivity index (χ1v) is 8.73. The number of methoxy groups -OCH3 is 1. The summed E-state index contributed by atoms with van der Waals surface area (Å²) in [5.41, 5.74) is 1.89. The summed E-state index contributed by atoms with van der Waals surface area (Å²) in [6, 6.07) is 16.4. The third-order valence-electron chi connectivity index (χ3n) is 4.10. The fourth-order valence-corrected chi connectivity index (χ4v) is 2.58. The largest absolute Gasteiger partial charge is 0.497 e. The third kappa shape index (κ3) is 5.92. The van der Waals surface area contributed by atoms with Gasteiger partial charge in [-0.15, -0.1) is 0 Å². The molecule has 0 saturated carbocycles. The number of amides is 2. The summed E-state index contributed by atoms with van der Waals surface area (Å²) in [4.78, 5) is 24.8. The summed E-state index contributed by atoms with van der Waals surface area (Å²) in [6.45, 7) is 4.24. The van der Waals surface area contributed by atoms with Crippen LogP contribution < -0.4 is 15.4 Å². The first kappa shape index (κ1) is 19.5. The summed E-state index contributed by atoms with van der Waals surface area (Å²) in [6.07, 6.45) is 0.260. The Morgan fingerprint density at radius 2 is 1.62 bits per heavy atom. The van der Waals surface area contributed by atoms with Crippen LogP contribution in [0.2, 0.25) is 0 Å². The highest BCUT2D eigenvalue weighted by Crippen LogP contribution is 2.11. The lowest BCUT2D eigenvalue weighted by molar-refractivity contribution is -0.129. The van der Waals surface area contributed by atoms with Gasteiger partial charge >= 0.3 is 0 Å². The summed E-state index contributed by atoms with van der Waals surface area (Å²) < 4.78 is 5.12. The van der Waals surface area contributed by atoms with Gasteiger partial charge < -0.3 is 15.4 Å². The number of carbonyl (C=O) groups excluding carboxylic acids is 2. The van der Waals surface area contributed by atoms with Crippen LogP contribution in [0.3, 0.4) is 0 Å². The molecule has 0 heterocycles. The highest BCUT2D eigenvalue weighted by molar-refractivity contribution is 5.88. The zero-order chi connectivity index (χ0) is 18.9. The third-order valence-corrected chi connectivity index (χ3v) is 4.10. The first-order valence-electron chi connectivity index (χ1n) is 8.73. The second-order valence-corrected chi connectivity index (χ2v) is 6.52. The van der Waals surface area contributed by atoms with Crippen LogP contribution in [-0.2, 0) is 22.6 Å². The maximum Gasteiger partial charge on any atom is 0.243 e. The van der Waals surface area contributed by atoms with E-state index >= 15 is 0 Å². The van der Waals surface area contributed by atoms with Crippen LogP contribution in [0.5, 0.6) is 5.75 Å². The van der Waals surface area contributed by atoms with E-state index in [-0.39, 0.29) is 24.2 Å². The zero-order valence-corrected chi connectivity index (χ0v) is 15.5. The Morgan fingerprint density at radius 3 is 2.19 bits per heavy atom. The molecule has 2 N–H and O–H groups in total. The molecule has 26 heavy (non-hydrogen) atoms. The van der Waals surface area contributed by atoms with Gasteiger partial charge in [0, 0.05) is 6.54 Å². The molecule has 0 fully saturated rings. The van der Waals surface area contributed by atoms with Crippen molar-refractivity contribution in [3.05, 3.63) is 65.7 Å². The Balaban J connectivity index is 1.90. The van der Waals surface area contributed by atoms with Crippen molar-refractivity contribution in [2.75, 3.05) is 7.11 Å². The average molecular weight is 354 g/mol. The minimum Gasteiger partial charge on any atom is -0.497 e. The summed E-state index contributed by atoms with van der Waals surface area (Å²) in [7, 11) is 1.61. The number of carbonyl (C=O) groups is 2. The van der Waals surface area contributed by atoms with Crippen LogP contribution in [-0.4, -0.2) is 25.0 Å². The molecule has 0 aliphatic rings. The van der Waals surface area contributed by atoms with E-state index in [1.807, 2.05) is 68.4 Å². The second kappa shape index (κ2) is 9.61. The Bertz CT molecular complexity index is 712. The molecule has 1 atom stereocenters. The maximum absolute atomic E-state index is 12.5. The lowest BCUT2D eigenvalue weighted by atomic mass is 10.0. The van der Waals surface area contributed by atoms with Crippen molar-refractivity contribution in [1.82, 2.24) is 10.6 Å². The SMILES string of the molecule is COc1ccc(CNC(=O)[C@@H](NC(=O)Cc2ccccc2)C(C)C)cc1. The molecule has 0 bridgehead atoms. The number of ether oxygens (including phenoxy) is 1. The smallest absolute Gasteiger partial charge is 0.243 e. The van der Waals surface area contributed by atoms with E-state index in [0.29, 0.717) is 6.54 Å². The van der Waals surface area contributed by atoms with Crippen molar-refractivity contribution in [1.29, 1.82) is 0 Å². The van der Waals surface area contributed by atoms with Crippen molar-refractivity contribution < 1.29 is 14.3 Å². The topological polar surface area (TPSA) is 67.4 Å². The number of benzene rings is 2. The number of hydrogen-bond acceptors (Lipinski definition) is 3. The monoisotopic (exact) mass is 354 g/mol. The van der Waals surface area contributed by atoms with Crippen LogP contribution in [0.4, 0.5) is 0 Å². The van der Waals surface area contributed by atoms with E-state index in [0.717, 1.165) is 16.9 Å². The molecular weight excluding hydrogens is 328 g/mol. The minimum absolute atomic E-state index is 0.00871. The van der Waals surface area contributed by atoms with Gasteiger partial charge in [0.05, 0.1) is 13.5 Å². The second-order valence-electron chi connectivity index (χ2n) is 6.52. The van der Waals surface area contributed by atoms with Crippen molar-refractivity contribution in [3.8, 4) is 5.75 Å². The predicted molar refractivity (Wildman–Crippen MR) is 102 cm³/mol. The Morgan fingerprint density at radius 1 is 0.962 bits per heavy atom. The molecular formula is C21H26N2O3. The standard InChI is InChI=1S/C21H26N2O3/c1-15(2)20(23-19(24)13-16-7-5-4-6-8-16)21(25)22-14-17-9-11-18(26-3)12-10-17/h4-12,15,20H,13-14H2,1-3H3,(H,22,25)(H,23,24)/t20-/m0/s1. The van der Waals surface area contributed by atoms with Crippen molar-refractivity contribution in [3.63, 3.8) is 0 Å². The molecule has 2 aromatic rings. The van der Waals surface area contributed by atoms with Gasteiger partial charge in [-0.2, -0.15) is 0 Å². The Kier molecular flexibility index (Phi) is 7.21. The maximum atomic E-state index is 12.5. The fourth-order valence-electron chi connectivity index (χ4n) is 2.58. The van der Waals surface area contributed by atoms with Crippen LogP contribution >= 0.6 is 0 Å². The van der Waals surface area contributed by atoms with E-state index in [2.05, 4.69) is 10.6 Å². The van der Waals surface area contributed by atoms with Gasteiger partial charge in [-0.25, -0.2) is 0 Å². The highest BCUT2D eigenvalue weighted by atomic mass is 16.5. The quantitative estimate of drug-likeness (QED) is 0.766. The molecule has 0 radical (unpaired) electrons.